The summed E-state index contributed by atoms with van der Waals surface area (Å²) in [4.78, 5) is 25.1. The molecule has 1 atom stereocenters. The van der Waals surface area contributed by atoms with Gasteiger partial charge in [0.2, 0.25) is 0 Å². The van der Waals surface area contributed by atoms with E-state index in [1.54, 1.807) is 23.1 Å². The molecule has 126 valence electrons. The van der Waals surface area contributed by atoms with Crippen LogP contribution < -0.4 is 4.74 Å². The minimum Gasteiger partial charge on any atom is -0.493 e. The molecule has 7 heteroatoms. The summed E-state index contributed by atoms with van der Waals surface area (Å²) in [5.74, 6) is -0.682. The maximum Gasteiger partial charge on any atom is 0.306 e. The number of hydrogen-bond acceptors (Lipinski definition) is 4. The number of nitrogens with zero attached hydrogens (tertiary/aromatic N) is 1. The summed E-state index contributed by atoms with van der Waals surface area (Å²) in [6.45, 7) is 3.46. The van der Waals surface area contributed by atoms with Crippen LogP contribution in [0.15, 0.2) is 18.2 Å². The van der Waals surface area contributed by atoms with E-state index in [9.17, 15) is 9.59 Å². The Morgan fingerprint density at radius 1 is 1.48 bits per heavy atom. The first-order chi connectivity index (χ1) is 11.0. The van der Waals surface area contributed by atoms with E-state index < -0.39 is 12.1 Å². The van der Waals surface area contributed by atoms with Gasteiger partial charge in [0.25, 0.3) is 5.91 Å². The fraction of sp³-hybridized carbons (Fsp3) is 0.500. The fourth-order valence-electron chi connectivity index (χ4n) is 2.40. The highest BCUT2D eigenvalue weighted by Gasteiger charge is 2.28. The number of halogens is 1. The van der Waals surface area contributed by atoms with E-state index in [1.165, 1.54) is 0 Å². The van der Waals surface area contributed by atoms with Gasteiger partial charge in [0.15, 0.2) is 0 Å². The molecule has 23 heavy (non-hydrogen) atoms. The number of rotatable bonds is 6. The molecule has 1 heterocycles. The Labute approximate surface area is 139 Å². The van der Waals surface area contributed by atoms with Gasteiger partial charge in [0.1, 0.15) is 5.75 Å². The van der Waals surface area contributed by atoms with Crippen molar-refractivity contribution in [2.45, 2.75) is 25.9 Å². The molecule has 1 fully saturated rings. The number of aliphatic carboxylic acids is 1. The summed E-state index contributed by atoms with van der Waals surface area (Å²) in [6.07, 6.45) is 0.205. The van der Waals surface area contributed by atoms with Crippen molar-refractivity contribution >= 4 is 23.5 Å². The number of ether oxygens (including phenoxy) is 2. The Morgan fingerprint density at radius 2 is 2.26 bits per heavy atom. The van der Waals surface area contributed by atoms with Crippen LogP contribution in [0, 0.1) is 0 Å². The Morgan fingerprint density at radius 3 is 2.96 bits per heavy atom. The van der Waals surface area contributed by atoms with Gasteiger partial charge in [0, 0.05) is 18.1 Å². The molecule has 0 saturated carbocycles. The van der Waals surface area contributed by atoms with Crippen LogP contribution in [-0.2, 0) is 9.53 Å². The zero-order valence-corrected chi connectivity index (χ0v) is 13.7. The maximum atomic E-state index is 12.8. The lowest BCUT2D eigenvalue weighted by atomic mass is 10.1. The summed E-state index contributed by atoms with van der Waals surface area (Å²) in [5, 5.41) is 9.32. The Balaban J connectivity index is 2.15. The minimum absolute atomic E-state index is 0.126. The summed E-state index contributed by atoms with van der Waals surface area (Å²) in [7, 11) is 0. The van der Waals surface area contributed by atoms with Gasteiger partial charge in [-0.05, 0) is 24.6 Å². The lowest BCUT2D eigenvalue weighted by Crippen LogP contribution is -2.46. The number of carboxylic acids is 1. The van der Waals surface area contributed by atoms with Crippen LogP contribution in [0.4, 0.5) is 0 Å². The van der Waals surface area contributed by atoms with Crippen molar-refractivity contribution in [1.29, 1.82) is 0 Å². The van der Waals surface area contributed by atoms with Gasteiger partial charge in [-0.25, -0.2) is 0 Å². The smallest absolute Gasteiger partial charge is 0.306 e. The number of benzene rings is 1. The molecule has 6 nitrogen and oxygen atoms in total. The monoisotopic (exact) mass is 341 g/mol. The molecule has 1 amide bonds. The molecule has 0 radical (unpaired) electrons. The standard InChI is InChI=1S/C16H20ClNO5/c1-2-6-23-14-4-3-11(17)8-13(14)16(21)18-5-7-22-12(10-18)9-15(19)20/h3-4,8,12H,2,5-7,9-10H2,1H3,(H,19,20). The van der Waals surface area contributed by atoms with E-state index in [0.717, 1.165) is 6.42 Å². The first-order valence-corrected chi connectivity index (χ1v) is 7.94. The van der Waals surface area contributed by atoms with Crippen LogP contribution in [-0.4, -0.2) is 54.3 Å². The molecule has 1 saturated heterocycles. The van der Waals surface area contributed by atoms with Gasteiger partial charge in [-0.15, -0.1) is 0 Å². The van der Waals surface area contributed by atoms with Crippen molar-refractivity contribution in [3.63, 3.8) is 0 Å². The van der Waals surface area contributed by atoms with Crippen molar-refractivity contribution in [3.05, 3.63) is 28.8 Å². The van der Waals surface area contributed by atoms with Gasteiger partial charge in [0.05, 0.1) is 31.3 Å². The van der Waals surface area contributed by atoms with Crippen LogP contribution in [0.1, 0.15) is 30.1 Å². The van der Waals surface area contributed by atoms with Gasteiger partial charge < -0.3 is 19.5 Å². The van der Waals surface area contributed by atoms with Crippen LogP contribution in [0.5, 0.6) is 5.75 Å². The number of carbonyl (C=O) groups is 2. The van der Waals surface area contributed by atoms with E-state index >= 15 is 0 Å². The molecule has 2 rings (SSSR count). The first-order valence-electron chi connectivity index (χ1n) is 7.56. The average molecular weight is 342 g/mol. The SMILES string of the molecule is CCCOc1ccc(Cl)cc1C(=O)N1CCOC(CC(=O)O)C1. The zero-order chi connectivity index (χ0) is 16.8. The largest absolute Gasteiger partial charge is 0.493 e. The highest BCUT2D eigenvalue weighted by atomic mass is 35.5. The number of morpholine rings is 1. The van der Waals surface area contributed by atoms with Crippen LogP contribution >= 0.6 is 11.6 Å². The molecule has 0 spiro atoms. The van der Waals surface area contributed by atoms with Crippen molar-refractivity contribution in [3.8, 4) is 5.75 Å². The normalized spacial score (nSPS) is 17.8. The molecule has 1 unspecified atom stereocenters. The highest BCUT2D eigenvalue weighted by molar-refractivity contribution is 6.31. The van der Waals surface area contributed by atoms with Crippen molar-refractivity contribution in [2.75, 3.05) is 26.3 Å². The molecule has 1 aliphatic heterocycles. The number of hydrogen-bond donors (Lipinski definition) is 1. The van der Waals surface area contributed by atoms with Crippen LogP contribution in [0.3, 0.4) is 0 Å². The van der Waals surface area contributed by atoms with Gasteiger partial charge in [-0.1, -0.05) is 18.5 Å². The van der Waals surface area contributed by atoms with Crippen LogP contribution in [0.2, 0.25) is 5.02 Å². The highest BCUT2D eigenvalue weighted by Crippen LogP contribution is 2.25. The predicted octanol–water partition coefficient (Wildman–Crippen LogP) is 2.44. The molecule has 1 N–H and O–H groups in total. The van der Waals surface area contributed by atoms with Gasteiger partial charge in [-0.2, -0.15) is 0 Å². The number of carbonyl (C=O) groups excluding carboxylic acids is 1. The summed E-state index contributed by atoms with van der Waals surface area (Å²) >= 11 is 6.00. The second-order valence-corrected chi connectivity index (χ2v) is 5.77. The molecule has 0 bridgehead atoms. The molecular formula is C16H20ClNO5. The Bertz CT molecular complexity index is 578. The lowest BCUT2D eigenvalue weighted by Gasteiger charge is -2.32. The Kier molecular flexibility index (Phi) is 6.24. The topological polar surface area (TPSA) is 76.1 Å². The number of amides is 1. The van der Waals surface area contributed by atoms with E-state index in [1.807, 2.05) is 6.92 Å². The second kappa shape index (κ2) is 8.17. The summed E-state index contributed by atoms with van der Waals surface area (Å²) in [6, 6.07) is 4.94. The van der Waals surface area contributed by atoms with Crippen molar-refractivity contribution in [2.24, 2.45) is 0 Å². The quantitative estimate of drug-likeness (QED) is 0.860. The first kappa shape index (κ1) is 17.6. The zero-order valence-electron chi connectivity index (χ0n) is 13.0. The fourth-order valence-corrected chi connectivity index (χ4v) is 2.57. The third-order valence-electron chi connectivity index (χ3n) is 3.46. The third-order valence-corrected chi connectivity index (χ3v) is 3.70. The summed E-state index contributed by atoms with van der Waals surface area (Å²) < 4.78 is 11.0. The molecular weight excluding hydrogens is 322 g/mol. The van der Waals surface area contributed by atoms with Gasteiger partial charge in [-0.3, -0.25) is 9.59 Å². The van der Waals surface area contributed by atoms with E-state index in [4.69, 9.17) is 26.2 Å². The lowest BCUT2D eigenvalue weighted by molar-refractivity contribution is -0.141. The third kappa shape index (κ3) is 4.84. The van der Waals surface area contributed by atoms with Crippen molar-refractivity contribution in [1.82, 2.24) is 4.90 Å². The number of carboxylic acid groups (broad SMARTS) is 1. The molecule has 0 aromatic heterocycles. The van der Waals surface area contributed by atoms with E-state index in [2.05, 4.69) is 0 Å². The second-order valence-electron chi connectivity index (χ2n) is 5.33. The average Bonchev–Trinajstić information content (AvgIpc) is 2.52. The maximum absolute atomic E-state index is 12.8. The van der Waals surface area contributed by atoms with E-state index in [0.29, 0.717) is 36.1 Å². The molecule has 1 aromatic carbocycles. The minimum atomic E-state index is -0.945. The van der Waals surface area contributed by atoms with E-state index in [-0.39, 0.29) is 18.9 Å². The molecule has 0 aliphatic carbocycles. The predicted molar refractivity (Wildman–Crippen MR) is 85.1 cm³/mol. The molecule has 1 aliphatic rings. The van der Waals surface area contributed by atoms with Crippen LogP contribution in [0.25, 0.3) is 0 Å². The summed E-state index contributed by atoms with van der Waals surface area (Å²) in [5.41, 5.74) is 0.391. The van der Waals surface area contributed by atoms with Crippen molar-refractivity contribution < 1.29 is 24.2 Å². The molecule has 1 aromatic rings. The Hall–Kier alpha value is -1.79. The van der Waals surface area contributed by atoms with Gasteiger partial charge >= 0.3 is 5.97 Å².